The lowest BCUT2D eigenvalue weighted by molar-refractivity contribution is 0.0694. The molecule has 0 saturated heterocycles. The van der Waals surface area contributed by atoms with Gasteiger partial charge in [0.2, 0.25) is 0 Å². The van der Waals surface area contributed by atoms with E-state index in [9.17, 15) is 9.90 Å². The van der Waals surface area contributed by atoms with E-state index in [1.165, 1.54) is 12.1 Å². The van der Waals surface area contributed by atoms with Gasteiger partial charge in [-0.25, -0.2) is 4.79 Å². The van der Waals surface area contributed by atoms with E-state index in [4.69, 9.17) is 9.84 Å². The third-order valence-electron chi connectivity index (χ3n) is 2.74. The summed E-state index contributed by atoms with van der Waals surface area (Å²) in [4.78, 5) is 10.9. The number of carbonyl (C=O) groups is 1. The third kappa shape index (κ3) is 4.52. The maximum Gasteiger partial charge on any atom is 0.339 e. The SMILES string of the molecule is O=C(O)c1cc(NCCOc2ccc(I)cc2)ccc1O. The number of phenols is 1. The fourth-order valence-electron chi connectivity index (χ4n) is 1.71. The highest BCUT2D eigenvalue weighted by molar-refractivity contribution is 14.1. The molecule has 5 nitrogen and oxygen atoms in total. The Morgan fingerprint density at radius 2 is 1.90 bits per heavy atom. The second-order valence-electron chi connectivity index (χ2n) is 4.27. The summed E-state index contributed by atoms with van der Waals surface area (Å²) < 4.78 is 6.69. The minimum atomic E-state index is -1.16. The second-order valence-corrected chi connectivity index (χ2v) is 5.51. The van der Waals surface area contributed by atoms with E-state index in [0.717, 1.165) is 9.32 Å². The van der Waals surface area contributed by atoms with Crippen molar-refractivity contribution in [1.29, 1.82) is 0 Å². The Bertz CT molecular complexity index is 628. The number of carboxylic acid groups (broad SMARTS) is 1. The first-order valence-electron chi connectivity index (χ1n) is 6.25. The Morgan fingerprint density at radius 1 is 1.19 bits per heavy atom. The van der Waals surface area contributed by atoms with E-state index >= 15 is 0 Å². The van der Waals surface area contributed by atoms with Crippen molar-refractivity contribution in [1.82, 2.24) is 0 Å². The highest BCUT2D eigenvalue weighted by Crippen LogP contribution is 2.21. The molecular weight excluding hydrogens is 385 g/mol. The fraction of sp³-hybridized carbons (Fsp3) is 0.133. The molecule has 6 heteroatoms. The van der Waals surface area contributed by atoms with Crippen molar-refractivity contribution >= 4 is 34.2 Å². The van der Waals surface area contributed by atoms with Gasteiger partial charge in [-0.3, -0.25) is 0 Å². The lowest BCUT2D eigenvalue weighted by Crippen LogP contribution is -2.12. The molecule has 110 valence electrons. The highest BCUT2D eigenvalue weighted by Gasteiger charge is 2.09. The number of carboxylic acids is 1. The zero-order valence-electron chi connectivity index (χ0n) is 11.0. The summed E-state index contributed by atoms with van der Waals surface area (Å²) in [7, 11) is 0. The van der Waals surface area contributed by atoms with Crippen LogP contribution in [0.15, 0.2) is 42.5 Å². The number of aromatic hydroxyl groups is 1. The molecule has 0 aliphatic carbocycles. The summed E-state index contributed by atoms with van der Waals surface area (Å²) in [6.45, 7) is 0.972. The van der Waals surface area contributed by atoms with Crippen LogP contribution in [-0.2, 0) is 0 Å². The minimum absolute atomic E-state index is 0.126. The van der Waals surface area contributed by atoms with Gasteiger partial charge in [0.1, 0.15) is 23.7 Å². The number of hydrogen-bond acceptors (Lipinski definition) is 4. The lowest BCUT2D eigenvalue weighted by Gasteiger charge is -2.10. The van der Waals surface area contributed by atoms with Gasteiger partial charge in [0.15, 0.2) is 0 Å². The fourth-order valence-corrected chi connectivity index (χ4v) is 2.07. The average Bonchev–Trinajstić information content (AvgIpc) is 2.46. The molecule has 0 aliphatic heterocycles. The molecule has 3 N–H and O–H groups in total. The van der Waals surface area contributed by atoms with Crippen LogP contribution in [0.1, 0.15) is 10.4 Å². The standard InChI is InChI=1S/C15H14INO4/c16-10-1-4-12(5-2-10)21-8-7-17-11-3-6-14(18)13(9-11)15(19)20/h1-6,9,17-18H,7-8H2,(H,19,20). The zero-order valence-corrected chi connectivity index (χ0v) is 13.2. The number of ether oxygens (including phenoxy) is 1. The molecule has 0 fully saturated rings. The monoisotopic (exact) mass is 399 g/mol. The van der Waals surface area contributed by atoms with Crippen LogP contribution in [-0.4, -0.2) is 29.3 Å². The van der Waals surface area contributed by atoms with E-state index in [-0.39, 0.29) is 11.3 Å². The molecule has 0 spiro atoms. The van der Waals surface area contributed by atoms with Gasteiger partial charge in [0, 0.05) is 15.8 Å². The largest absolute Gasteiger partial charge is 0.507 e. The second kappa shape index (κ2) is 7.16. The number of benzene rings is 2. The van der Waals surface area contributed by atoms with Gasteiger partial charge in [-0.05, 0) is 65.1 Å². The Morgan fingerprint density at radius 3 is 2.57 bits per heavy atom. The molecule has 0 heterocycles. The predicted octanol–water partition coefficient (Wildman–Crippen LogP) is 3.19. The Kier molecular flexibility index (Phi) is 5.26. The number of halogens is 1. The van der Waals surface area contributed by atoms with Crippen LogP contribution in [0.4, 0.5) is 5.69 Å². The van der Waals surface area contributed by atoms with E-state index in [1.807, 2.05) is 24.3 Å². The van der Waals surface area contributed by atoms with Gasteiger partial charge < -0.3 is 20.3 Å². The maximum atomic E-state index is 10.9. The van der Waals surface area contributed by atoms with Gasteiger partial charge in [-0.1, -0.05) is 0 Å². The summed E-state index contributed by atoms with van der Waals surface area (Å²) in [5.74, 6) is -0.622. The summed E-state index contributed by atoms with van der Waals surface area (Å²) in [5.41, 5.74) is 0.495. The molecule has 21 heavy (non-hydrogen) atoms. The Hall–Kier alpha value is -1.96. The molecule has 0 bridgehead atoms. The summed E-state index contributed by atoms with van der Waals surface area (Å²) in [6.07, 6.45) is 0. The predicted molar refractivity (Wildman–Crippen MR) is 88.2 cm³/mol. The molecule has 0 unspecified atom stereocenters. The molecule has 2 aromatic rings. The van der Waals surface area contributed by atoms with Crippen molar-refractivity contribution in [2.75, 3.05) is 18.5 Å². The molecular formula is C15H14INO4. The third-order valence-corrected chi connectivity index (χ3v) is 3.46. The van der Waals surface area contributed by atoms with Gasteiger partial charge in [-0.15, -0.1) is 0 Å². The van der Waals surface area contributed by atoms with Crippen molar-refractivity contribution in [3.63, 3.8) is 0 Å². The van der Waals surface area contributed by atoms with Crippen molar-refractivity contribution in [3.05, 3.63) is 51.6 Å². The van der Waals surface area contributed by atoms with Gasteiger partial charge in [0.25, 0.3) is 0 Å². The summed E-state index contributed by atoms with van der Waals surface area (Å²) in [5, 5.41) is 21.4. The lowest BCUT2D eigenvalue weighted by atomic mass is 10.2. The van der Waals surface area contributed by atoms with Crippen LogP contribution in [0, 0.1) is 3.57 Å². The van der Waals surface area contributed by atoms with Crippen molar-refractivity contribution in [2.24, 2.45) is 0 Å². The van der Waals surface area contributed by atoms with Crippen molar-refractivity contribution in [3.8, 4) is 11.5 Å². The summed E-state index contributed by atoms with van der Waals surface area (Å²) >= 11 is 2.22. The molecule has 0 radical (unpaired) electrons. The first-order valence-corrected chi connectivity index (χ1v) is 7.32. The van der Waals surface area contributed by atoms with Crippen molar-refractivity contribution < 1.29 is 19.7 Å². The zero-order chi connectivity index (χ0) is 15.2. The highest BCUT2D eigenvalue weighted by atomic mass is 127. The first kappa shape index (κ1) is 15.4. The molecule has 2 aromatic carbocycles. The number of hydrogen-bond donors (Lipinski definition) is 3. The van der Waals surface area contributed by atoms with Crippen LogP contribution in [0.5, 0.6) is 11.5 Å². The molecule has 0 atom stereocenters. The van der Waals surface area contributed by atoms with Crippen LogP contribution >= 0.6 is 22.6 Å². The van der Waals surface area contributed by atoms with E-state index in [2.05, 4.69) is 27.9 Å². The maximum absolute atomic E-state index is 10.9. The van der Waals surface area contributed by atoms with E-state index in [0.29, 0.717) is 18.8 Å². The molecule has 0 amide bonds. The normalized spacial score (nSPS) is 10.1. The Balaban J connectivity index is 1.85. The van der Waals surface area contributed by atoms with Gasteiger partial charge >= 0.3 is 5.97 Å². The number of nitrogens with one attached hydrogen (secondary N) is 1. The van der Waals surface area contributed by atoms with E-state index in [1.54, 1.807) is 6.07 Å². The van der Waals surface area contributed by atoms with Crippen LogP contribution in [0.25, 0.3) is 0 Å². The first-order chi connectivity index (χ1) is 10.1. The van der Waals surface area contributed by atoms with Crippen LogP contribution < -0.4 is 10.1 Å². The molecule has 0 saturated carbocycles. The molecule has 0 aliphatic rings. The van der Waals surface area contributed by atoms with Gasteiger partial charge in [-0.2, -0.15) is 0 Å². The minimum Gasteiger partial charge on any atom is -0.507 e. The molecule has 0 aromatic heterocycles. The van der Waals surface area contributed by atoms with Crippen LogP contribution in [0.3, 0.4) is 0 Å². The van der Waals surface area contributed by atoms with Crippen molar-refractivity contribution in [2.45, 2.75) is 0 Å². The smallest absolute Gasteiger partial charge is 0.339 e. The Labute approximate surface area is 135 Å². The van der Waals surface area contributed by atoms with Gasteiger partial charge in [0.05, 0.1) is 0 Å². The van der Waals surface area contributed by atoms with E-state index < -0.39 is 5.97 Å². The number of rotatable bonds is 6. The van der Waals surface area contributed by atoms with Crippen LogP contribution in [0.2, 0.25) is 0 Å². The quantitative estimate of drug-likeness (QED) is 0.395. The average molecular weight is 399 g/mol. The number of anilines is 1. The summed E-state index contributed by atoms with van der Waals surface area (Å²) in [6, 6.07) is 12.1. The topological polar surface area (TPSA) is 78.8 Å². The number of aromatic carboxylic acids is 1. The molecule has 2 rings (SSSR count).